The average Bonchev–Trinajstić information content (AvgIpc) is 2.35. The minimum absolute atomic E-state index is 0.667. The fraction of sp³-hybridized carbons (Fsp3) is 0.0833. The monoisotopic (exact) mass is 310 g/mol. The summed E-state index contributed by atoms with van der Waals surface area (Å²) < 4.78 is 6.01. The van der Waals surface area contributed by atoms with Crippen LogP contribution in [-0.4, -0.2) is 12.1 Å². The first-order chi connectivity index (χ1) is 8.20. The highest BCUT2D eigenvalue weighted by Gasteiger charge is 2.06. The van der Waals surface area contributed by atoms with E-state index in [9.17, 15) is 0 Å². The van der Waals surface area contributed by atoms with E-state index < -0.39 is 0 Å². The van der Waals surface area contributed by atoms with Crippen molar-refractivity contribution in [2.75, 3.05) is 12.8 Å². The van der Waals surface area contributed by atoms with Gasteiger partial charge < -0.3 is 10.5 Å². The SMILES string of the molecule is COc1ccc(Sc2c(N)cncc2Br)cc1. The Morgan fingerprint density at radius 1 is 1.24 bits per heavy atom. The smallest absolute Gasteiger partial charge is 0.118 e. The highest BCUT2D eigenvalue weighted by molar-refractivity contribution is 9.10. The van der Waals surface area contributed by atoms with E-state index in [4.69, 9.17) is 10.5 Å². The van der Waals surface area contributed by atoms with Gasteiger partial charge in [-0.3, -0.25) is 4.98 Å². The zero-order valence-electron chi connectivity index (χ0n) is 9.18. The molecule has 0 atom stereocenters. The van der Waals surface area contributed by atoms with Gasteiger partial charge in [0.1, 0.15) is 5.75 Å². The maximum absolute atomic E-state index is 5.89. The minimum atomic E-state index is 0.667. The molecule has 2 rings (SSSR count). The van der Waals surface area contributed by atoms with Crippen LogP contribution in [0.1, 0.15) is 0 Å². The van der Waals surface area contributed by atoms with E-state index in [0.29, 0.717) is 5.69 Å². The van der Waals surface area contributed by atoms with Gasteiger partial charge in [-0.15, -0.1) is 0 Å². The van der Waals surface area contributed by atoms with Crippen LogP contribution < -0.4 is 10.5 Å². The number of benzene rings is 1. The summed E-state index contributed by atoms with van der Waals surface area (Å²) in [6.45, 7) is 0. The molecule has 1 aromatic heterocycles. The Morgan fingerprint density at radius 3 is 2.53 bits per heavy atom. The van der Waals surface area contributed by atoms with Crippen molar-refractivity contribution in [1.82, 2.24) is 4.98 Å². The maximum atomic E-state index is 5.89. The van der Waals surface area contributed by atoms with Gasteiger partial charge in [0.05, 0.1) is 28.4 Å². The molecule has 88 valence electrons. The number of hydrogen-bond acceptors (Lipinski definition) is 4. The summed E-state index contributed by atoms with van der Waals surface area (Å²) in [4.78, 5) is 6.09. The van der Waals surface area contributed by atoms with Crippen molar-refractivity contribution in [3.05, 3.63) is 41.1 Å². The number of nitrogen functional groups attached to an aromatic ring is 1. The normalized spacial score (nSPS) is 10.2. The van der Waals surface area contributed by atoms with Crippen molar-refractivity contribution in [1.29, 1.82) is 0 Å². The Morgan fingerprint density at radius 2 is 1.94 bits per heavy atom. The van der Waals surface area contributed by atoms with E-state index in [2.05, 4.69) is 20.9 Å². The summed E-state index contributed by atoms with van der Waals surface area (Å²) in [6.07, 6.45) is 3.39. The predicted molar refractivity (Wildman–Crippen MR) is 73.5 cm³/mol. The van der Waals surface area contributed by atoms with Gasteiger partial charge >= 0.3 is 0 Å². The molecule has 0 amide bonds. The van der Waals surface area contributed by atoms with E-state index >= 15 is 0 Å². The number of halogens is 1. The zero-order chi connectivity index (χ0) is 12.3. The van der Waals surface area contributed by atoms with Gasteiger partial charge in [-0.2, -0.15) is 0 Å². The molecule has 0 fully saturated rings. The average molecular weight is 311 g/mol. The van der Waals surface area contributed by atoms with Crippen molar-refractivity contribution >= 4 is 33.4 Å². The first-order valence-corrected chi connectivity index (χ1v) is 6.52. The molecule has 0 aliphatic rings. The Balaban J connectivity index is 2.25. The molecule has 0 aliphatic carbocycles. The van der Waals surface area contributed by atoms with Crippen LogP contribution in [0.3, 0.4) is 0 Å². The molecular formula is C12H11BrN2OS. The third-order valence-corrected chi connectivity index (χ3v) is 4.19. The van der Waals surface area contributed by atoms with Crippen molar-refractivity contribution in [3.8, 4) is 5.75 Å². The van der Waals surface area contributed by atoms with E-state index in [0.717, 1.165) is 20.0 Å². The summed E-state index contributed by atoms with van der Waals surface area (Å²) in [6, 6.07) is 7.84. The fourth-order valence-corrected chi connectivity index (χ4v) is 2.73. The molecule has 0 spiro atoms. The third-order valence-electron chi connectivity index (χ3n) is 2.16. The van der Waals surface area contributed by atoms with Crippen LogP contribution in [0.25, 0.3) is 0 Å². The molecule has 17 heavy (non-hydrogen) atoms. The van der Waals surface area contributed by atoms with Gasteiger partial charge in [-0.1, -0.05) is 11.8 Å². The summed E-state index contributed by atoms with van der Waals surface area (Å²) in [5.74, 6) is 0.844. The first-order valence-electron chi connectivity index (χ1n) is 4.91. The molecule has 0 saturated heterocycles. The van der Waals surface area contributed by atoms with Crippen molar-refractivity contribution in [2.24, 2.45) is 0 Å². The molecule has 0 bridgehead atoms. The van der Waals surface area contributed by atoms with Gasteiger partial charge in [0.15, 0.2) is 0 Å². The Bertz CT molecular complexity index is 496. The van der Waals surface area contributed by atoms with E-state index in [-0.39, 0.29) is 0 Å². The number of nitrogens with zero attached hydrogens (tertiary/aromatic N) is 1. The van der Waals surface area contributed by atoms with Crippen LogP contribution in [0.15, 0.2) is 50.9 Å². The van der Waals surface area contributed by atoms with Crippen molar-refractivity contribution < 1.29 is 4.74 Å². The predicted octanol–water partition coefficient (Wildman–Crippen LogP) is 3.59. The lowest BCUT2D eigenvalue weighted by Crippen LogP contribution is -1.91. The molecule has 0 aliphatic heterocycles. The topological polar surface area (TPSA) is 48.1 Å². The maximum Gasteiger partial charge on any atom is 0.118 e. The molecule has 1 aromatic carbocycles. The molecular weight excluding hydrogens is 300 g/mol. The van der Waals surface area contributed by atoms with Crippen LogP contribution in [0.4, 0.5) is 5.69 Å². The van der Waals surface area contributed by atoms with Crippen LogP contribution >= 0.6 is 27.7 Å². The quantitative estimate of drug-likeness (QED) is 0.941. The largest absolute Gasteiger partial charge is 0.497 e. The molecule has 2 N–H and O–H groups in total. The van der Waals surface area contributed by atoms with Gasteiger partial charge in [0.2, 0.25) is 0 Å². The van der Waals surface area contributed by atoms with Crippen LogP contribution in [0, 0.1) is 0 Å². The second-order valence-electron chi connectivity index (χ2n) is 3.32. The van der Waals surface area contributed by atoms with Gasteiger partial charge in [0, 0.05) is 11.1 Å². The van der Waals surface area contributed by atoms with Crippen molar-refractivity contribution in [2.45, 2.75) is 9.79 Å². The van der Waals surface area contributed by atoms with E-state index in [1.165, 1.54) is 0 Å². The summed E-state index contributed by atoms with van der Waals surface area (Å²) >= 11 is 5.04. The standard InChI is InChI=1S/C12H11BrN2OS/c1-16-8-2-4-9(5-3-8)17-12-10(13)6-15-7-11(12)14/h2-7H,14H2,1H3. The molecule has 0 saturated carbocycles. The first kappa shape index (κ1) is 12.3. The zero-order valence-corrected chi connectivity index (χ0v) is 11.6. The van der Waals surface area contributed by atoms with E-state index in [1.54, 1.807) is 31.3 Å². The highest BCUT2D eigenvalue weighted by atomic mass is 79.9. The lowest BCUT2D eigenvalue weighted by atomic mass is 10.3. The van der Waals surface area contributed by atoms with Crippen LogP contribution in [0.2, 0.25) is 0 Å². The lowest BCUT2D eigenvalue weighted by molar-refractivity contribution is 0.414. The lowest BCUT2D eigenvalue weighted by Gasteiger charge is -2.07. The number of pyridine rings is 1. The van der Waals surface area contributed by atoms with Gasteiger partial charge in [0.25, 0.3) is 0 Å². The second kappa shape index (κ2) is 5.42. The van der Waals surface area contributed by atoms with Crippen LogP contribution in [0.5, 0.6) is 5.75 Å². The number of ether oxygens (including phenoxy) is 1. The molecule has 0 unspecified atom stereocenters. The number of methoxy groups -OCH3 is 1. The third kappa shape index (κ3) is 2.92. The van der Waals surface area contributed by atoms with Gasteiger partial charge in [-0.25, -0.2) is 0 Å². The number of nitrogens with two attached hydrogens (primary N) is 1. The van der Waals surface area contributed by atoms with E-state index in [1.807, 2.05) is 24.3 Å². The second-order valence-corrected chi connectivity index (χ2v) is 5.26. The molecule has 1 heterocycles. The Kier molecular flexibility index (Phi) is 3.91. The molecule has 2 aromatic rings. The molecule has 3 nitrogen and oxygen atoms in total. The molecule has 5 heteroatoms. The molecule has 0 radical (unpaired) electrons. The summed E-state index contributed by atoms with van der Waals surface area (Å²) in [5, 5.41) is 0. The fourth-order valence-electron chi connectivity index (χ4n) is 1.31. The number of hydrogen-bond donors (Lipinski definition) is 1. The van der Waals surface area contributed by atoms with Crippen LogP contribution in [-0.2, 0) is 0 Å². The van der Waals surface area contributed by atoms with Gasteiger partial charge in [-0.05, 0) is 40.2 Å². The summed E-state index contributed by atoms with van der Waals surface area (Å²) in [7, 11) is 1.65. The Hall–Kier alpha value is -1.20. The summed E-state index contributed by atoms with van der Waals surface area (Å²) in [5.41, 5.74) is 6.55. The Labute approximate surface area is 113 Å². The number of aromatic nitrogens is 1. The number of anilines is 1. The number of rotatable bonds is 3. The minimum Gasteiger partial charge on any atom is -0.497 e. The van der Waals surface area contributed by atoms with Crippen molar-refractivity contribution in [3.63, 3.8) is 0 Å². The highest BCUT2D eigenvalue weighted by Crippen LogP contribution is 2.37.